The normalized spacial score (nSPS) is 10.5. The summed E-state index contributed by atoms with van der Waals surface area (Å²) < 4.78 is 13.7. The van der Waals surface area contributed by atoms with Crippen LogP contribution in [0.4, 0.5) is 4.39 Å². The molecular formula is C15H12ClFO2. The van der Waals surface area contributed by atoms with Crippen molar-refractivity contribution in [3.8, 4) is 11.1 Å². The summed E-state index contributed by atoms with van der Waals surface area (Å²) in [7, 11) is 0. The third-order valence-electron chi connectivity index (χ3n) is 3.02. The van der Waals surface area contributed by atoms with Crippen molar-refractivity contribution in [1.29, 1.82) is 0 Å². The molecule has 2 aromatic rings. The topological polar surface area (TPSA) is 37.3 Å². The fourth-order valence-corrected chi connectivity index (χ4v) is 2.17. The molecule has 0 aliphatic rings. The molecule has 0 saturated carbocycles. The third kappa shape index (κ3) is 2.61. The molecule has 0 unspecified atom stereocenters. The van der Waals surface area contributed by atoms with E-state index in [9.17, 15) is 9.18 Å². The van der Waals surface area contributed by atoms with E-state index in [1.54, 1.807) is 6.07 Å². The summed E-state index contributed by atoms with van der Waals surface area (Å²) in [4.78, 5) is 10.8. The van der Waals surface area contributed by atoms with E-state index < -0.39 is 11.8 Å². The van der Waals surface area contributed by atoms with Gasteiger partial charge in [0.25, 0.3) is 0 Å². The average Bonchev–Trinajstić information content (AvgIpc) is 2.33. The number of halogens is 2. The van der Waals surface area contributed by atoms with Gasteiger partial charge in [-0.2, -0.15) is 0 Å². The molecule has 4 heteroatoms. The summed E-state index contributed by atoms with van der Waals surface area (Å²) in [5, 5.41) is 9.46. The molecule has 2 rings (SSSR count). The molecule has 0 saturated heterocycles. The number of hydrogen-bond acceptors (Lipinski definition) is 1. The van der Waals surface area contributed by atoms with E-state index in [1.165, 1.54) is 12.1 Å². The minimum atomic E-state index is -1.27. The zero-order chi connectivity index (χ0) is 14.2. The van der Waals surface area contributed by atoms with Crippen LogP contribution in [0.5, 0.6) is 0 Å². The van der Waals surface area contributed by atoms with Crippen molar-refractivity contribution in [3.63, 3.8) is 0 Å². The largest absolute Gasteiger partial charge is 0.478 e. The lowest BCUT2D eigenvalue weighted by Gasteiger charge is -2.10. The van der Waals surface area contributed by atoms with Crippen LogP contribution in [0.2, 0.25) is 5.02 Å². The molecule has 19 heavy (non-hydrogen) atoms. The number of aromatic carboxylic acids is 1. The lowest BCUT2D eigenvalue weighted by Crippen LogP contribution is -2.00. The van der Waals surface area contributed by atoms with Gasteiger partial charge in [0, 0.05) is 5.02 Å². The second-order valence-corrected chi connectivity index (χ2v) is 4.82. The maximum absolute atomic E-state index is 13.7. The Kier molecular flexibility index (Phi) is 3.58. The first kappa shape index (κ1) is 13.6. The number of carbonyl (C=O) groups is 1. The second kappa shape index (κ2) is 5.02. The minimum absolute atomic E-state index is 0.327. The number of rotatable bonds is 2. The highest BCUT2D eigenvalue weighted by Gasteiger charge is 2.12. The van der Waals surface area contributed by atoms with Gasteiger partial charge >= 0.3 is 5.97 Å². The van der Waals surface area contributed by atoms with Gasteiger partial charge in [0.2, 0.25) is 0 Å². The molecule has 2 aromatic carbocycles. The Bertz CT molecular complexity index is 665. The van der Waals surface area contributed by atoms with E-state index >= 15 is 0 Å². The van der Waals surface area contributed by atoms with Crippen molar-refractivity contribution in [2.45, 2.75) is 13.8 Å². The molecule has 0 aromatic heterocycles. The van der Waals surface area contributed by atoms with E-state index in [1.807, 2.05) is 26.0 Å². The first-order valence-electron chi connectivity index (χ1n) is 5.70. The summed E-state index contributed by atoms with van der Waals surface area (Å²) in [5.74, 6) is -2.01. The Morgan fingerprint density at radius 3 is 2.42 bits per heavy atom. The highest BCUT2D eigenvalue weighted by molar-refractivity contribution is 6.31. The second-order valence-electron chi connectivity index (χ2n) is 4.42. The number of hydrogen-bond donors (Lipinski definition) is 1. The van der Waals surface area contributed by atoms with Crippen molar-refractivity contribution in [1.82, 2.24) is 0 Å². The Labute approximate surface area is 115 Å². The van der Waals surface area contributed by atoms with Crippen LogP contribution in [0.3, 0.4) is 0 Å². The lowest BCUT2D eigenvalue weighted by atomic mass is 9.97. The van der Waals surface area contributed by atoms with E-state index in [0.29, 0.717) is 10.6 Å². The SMILES string of the molecule is Cc1cc(-c2ccc(C(=O)O)c(F)c2)c(C)cc1Cl. The van der Waals surface area contributed by atoms with Crippen molar-refractivity contribution >= 4 is 17.6 Å². The molecule has 0 aliphatic heterocycles. The van der Waals surface area contributed by atoms with Gasteiger partial charge in [-0.1, -0.05) is 17.7 Å². The lowest BCUT2D eigenvalue weighted by molar-refractivity contribution is 0.0692. The maximum atomic E-state index is 13.7. The van der Waals surface area contributed by atoms with Crippen molar-refractivity contribution < 1.29 is 14.3 Å². The highest BCUT2D eigenvalue weighted by Crippen LogP contribution is 2.29. The summed E-state index contributed by atoms with van der Waals surface area (Å²) in [6, 6.07) is 7.79. The van der Waals surface area contributed by atoms with Gasteiger partial charge in [-0.25, -0.2) is 9.18 Å². The summed E-state index contributed by atoms with van der Waals surface area (Å²) >= 11 is 6.02. The Morgan fingerprint density at radius 1 is 1.16 bits per heavy atom. The fraction of sp³-hybridized carbons (Fsp3) is 0.133. The number of carboxylic acids is 1. The number of benzene rings is 2. The summed E-state index contributed by atoms with van der Waals surface area (Å²) in [6.45, 7) is 3.75. The van der Waals surface area contributed by atoms with Crippen LogP contribution >= 0.6 is 11.6 Å². The van der Waals surface area contributed by atoms with Crippen LogP contribution in [0, 0.1) is 19.7 Å². The van der Waals surface area contributed by atoms with Crippen LogP contribution in [0.1, 0.15) is 21.5 Å². The van der Waals surface area contributed by atoms with Crippen LogP contribution in [0.25, 0.3) is 11.1 Å². The van der Waals surface area contributed by atoms with Crippen molar-refractivity contribution in [3.05, 3.63) is 57.9 Å². The average molecular weight is 279 g/mol. The first-order chi connectivity index (χ1) is 8.90. The summed E-state index contributed by atoms with van der Waals surface area (Å²) in [5.41, 5.74) is 2.97. The van der Waals surface area contributed by atoms with Crippen LogP contribution in [-0.4, -0.2) is 11.1 Å². The minimum Gasteiger partial charge on any atom is -0.478 e. The van der Waals surface area contributed by atoms with Crippen molar-refractivity contribution in [2.75, 3.05) is 0 Å². The number of carboxylic acid groups (broad SMARTS) is 1. The smallest absolute Gasteiger partial charge is 0.338 e. The Morgan fingerprint density at radius 2 is 1.84 bits per heavy atom. The standard InChI is InChI=1S/C15H12ClFO2/c1-8-6-13(16)9(2)5-12(8)10-3-4-11(15(18)19)14(17)7-10/h3-7H,1-2H3,(H,18,19). The molecular weight excluding hydrogens is 267 g/mol. The molecule has 1 N–H and O–H groups in total. The van der Waals surface area contributed by atoms with E-state index in [0.717, 1.165) is 16.7 Å². The van der Waals surface area contributed by atoms with Gasteiger partial charge in [0.05, 0.1) is 5.56 Å². The molecule has 0 spiro atoms. The van der Waals surface area contributed by atoms with Crippen molar-refractivity contribution in [2.24, 2.45) is 0 Å². The molecule has 0 heterocycles. The fourth-order valence-electron chi connectivity index (χ4n) is 1.95. The van der Waals surface area contributed by atoms with Gasteiger partial charge in [0.15, 0.2) is 0 Å². The van der Waals surface area contributed by atoms with Crippen LogP contribution < -0.4 is 0 Å². The predicted octanol–water partition coefficient (Wildman–Crippen LogP) is 4.46. The molecule has 98 valence electrons. The molecule has 0 aliphatic carbocycles. The van der Waals surface area contributed by atoms with Crippen LogP contribution in [0.15, 0.2) is 30.3 Å². The van der Waals surface area contributed by atoms with Crippen LogP contribution in [-0.2, 0) is 0 Å². The quantitative estimate of drug-likeness (QED) is 0.880. The van der Waals surface area contributed by atoms with E-state index in [4.69, 9.17) is 16.7 Å². The highest BCUT2D eigenvalue weighted by atomic mass is 35.5. The maximum Gasteiger partial charge on any atom is 0.338 e. The van der Waals surface area contributed by atoms with Gasteiger partial charge < -0.3 is 5.11 Å². The molecule has 0 bridgehead atoms. The molecule has 0 amide bonds. The molecule has 0 fully saturated rings. The van der Waals surface area contributed by atoms with Gasteiger partial charge in [-0.15, -0.1) is 0 Å². The van der Waals surface area contributed by atoms with Gasteiger partial charge in [-0.3, -0.25) is 0 Å². The monoisotopic (exact) mass is 278 g/mol. The molecule has 0 atom stereocenters. The van der Waals surface area contributed by atoms with E-state index in [2.05, 4.69) is 0 Å². The third-order valence-corrected chi connectivity index (χ3v) is 3.42. The zero-order valence-electron chi connectivity index (χ0n) is 10.5. The molecule has 0 radical (unpaired) electrons. The molecule has 2 nitrogen and oxygen atoms in total. The van der Waals surface area contributed by atoms with Gasteiger partial charge in [-0.05, 0) is 60.4 Å². The Hall–Kier alpha value is -1.87. The Balaban J connectivity index is 2.57. The van der Waals surface area contributed by atoms with E-state index in [-0.39, 0.29) is 5.56 Å². The van der Waals surface area contributed by atoms with Gasteiger partial charge in [0.1, 0.15) is 5.82 Å². The first-order valence-corrected chi connectivity index (χ1v) is 6.08. The summed E-state index contributed by atoms with van der Waals surface area (Å²) in [6.07, 6.45) is 0. The number of aryl methyl sites for hydroxylation is 2. The zero-order valence-corrected chi connectivity index (χ0v) is 11.3. The predicted molar refractivity (Wildman–Crippen MR) is 73.3 cm³/mol.